The summed E-state index contributed by atoms with van der Waals surface area (Å²) in [5.41, 5.74) is 2.27. The molecule has 0 aliphatic carbocycles. The van der Waals surface area contributed by atoms with Crippen LogP contribution in [-0.2, 0) is 23.9 Å². The van der Waals surface area contributed by atoms with Crippen LogP contribution in [0.2, 0.25) is 0 Å². The Hall–Kier alpha value is -3.68. The van der Waals surface area contributed by atoms with Crippen molar-refractivity contribution in [1.29, 1.82) is 0 Å². The van der Waals surface area contributed by atoms with Gasteiger partial charge in [-0.2, -0.15) is 0 Å². The van der Waals surface area contributed by atoms with Crippen molar-refractivity contribution >= 4 is 35.1 Å². The molecular formula is C23H24N2O6. The Labute approximate surface area is 180 Å². The van der Waals surface area contributed by atoms with Crippen LogP contribution < -0.4 is 10.2 Å². The highest BCUT2D eigenvalue weighted by atomic mass is 16.5. The smallest absolute Gasteiger partial charge is 0.340 e. The fourth-order valence-electron chi connectivity index (χ4n) is 3.26. The van der Waals surface area contributed by atoms with Gasteiger partial charge in [0, 0.05) is 18.7 Å². The lowest BCUT2D eigenvalue weighted by Gasteiger charge is -2.16. The first-order valence-electron chi connectivity index (χ1n) is 9.98. The Kier molecular flexibility index (Phi) is 7.02. The molecule has 2 aromatic carbocycles. The molecule has 162 valence electrons. The zero-order valence-electron chi connectivity index (χ0n) is 17.4. The summed E-state index contributed by atoms with van der Waals surface area (Å²) < 4.78 is 10.1. The van der Waals surface area contributed by atoms with E-state index in [2.05, 4.69) is 5.32 Å². The molecule has 3 rings (SSSR count). The second kappa shape index (κ2) is 9.88. The molecule has 8 nitrogen and oxygen atoms in total. The number of carbonyl (C=O) groups is 4. The van der Waals surface area contributed by atoms with Crippen molar-refractivity contribution in [3.05, 3.63) is 59.7 Å². The maximum absolute atomic E-state index is 12.4. The number of benzene rings is 2. The molecule has 2 amide bonds. The molecule has 0 spiro atoms. The Morgan fingerprint density at radius 3 is 2.48 bits per heavy atom. The zero-order chi connectivity index (χ0) is 22.4. The van der Waals surface area contributed by atoms with Gasteiger partial charge in [0.15, 0.2) is 6.61 Å². The summed E-state index contributed by atoms with van der Waals surface area (Å²) in [5, 5.41) is 2.55. The number of nitrogens with one attached hydrogen (secondary N) is 1. The van der Waals surface area contributed by atoms with Gasteiger partial charge in [0.1, 0.15) is 0 Å². The van der Waals surface area contributed by atoms with E-state index in [-0.39, 0.29) is 36.7 Å². The number of hydrogen-bond donors (Lipinski definition) is 1. The number of anilines is 2. The summed E-state index contributed by atoms with van der Waals surface area (Å²) in [5.74, 6) is -2.58. The van der Waals surface area contributed by atoms with Gasteiger partial charge in [-0.1, -0.05) is 29.8 Å². The van der Waals surface area contributed by atoms with Gasteiger partial charge in [0.25, 0.3) is 5.91 Å². The number of rotatable bonds is 7. The van der Waals surface area contributed by atoms with Gasteiger partial charge in [-0.15, -0.1) is 0 Å². The second-order valence-electron chi connectivity index (χ2n) is 7.16. The summed E-state index contributed by atoms with van der Waals surface area (Å²) in [4.78, 5) is 50.4. The Morgan fingerprint density at radius 2 is 1.77 bits per heavy atom. The molecule has 0 saturated carbocycles. The van der Waals surface area contributed by atoms with E-state index >= 15 is 0 Å². The lowest BCUT2D eigenvalue weighted by Crippen LogP contribution is -2.28. The third kappa shape index (κ3) is 5.48. The van der Waals surface area contributed by atoms with E-state index in [1.807, 2.05) is 31.2 Å². The molecule has 1 N–H and O–H groups in total. The number of para-hydroxylation sites is 1. The van der Waals surface area contributed by atoms with Crippen LogP contribution in [0.25, 0.3) is 0 Å². The number of amides is 2. The SMILES string of the molecule is CCOC(=O)c1ccccc1NC(=O)COC(=O)[C@H]1CC(=O)N(c2ccc(C)cc2)C1. The van der Waals surface area contributed by atoms with E-state index in [4.69, 9.17) is 9.47 Å². The summed E-state index contributed by atoms with van der Waals surface area (Å²) in [6.07, 6.45) is 0.0278. The predicted octanol–water partition coefficient (Wildman–Crippen LogP) is 2.71. The summed E-state index contributed by atoms with van der Waals surface area (Å²) in [6.45, 7) is 3.52. The maximum Gasteiger partial charge on any atom is 0.340 e. The van der Waals surface area contributed by atoms with Crippen LogP contribution in [0.4, 0.5) is 11.4 Å². The zero-order valence-corrected chi connectivity index (χ0v) is 17.4. The number of esters is 2. The predicted molar refractivity (Wildman–Crippen MR) is 114 cm³/mol. The first-order chi connectivity index (χ1) is 14.9. The maximum atomic E-state index is 12.4. The highest BCUT2D eigenvalue weighted by molar-refractivity contribution is 6.02. The molecule has 0 unspecified atom stereocenters. The molecule has 0 aromatic heterocycles. The minimum Gasteiger partial charge on any atom is -0.462 e. The molecular weight excluding hydrogens is 400 g/mol. The van der Waals surface area contributed by atoms with Crippen LogP contribution >= 0.6 is 0 Å². The first-order valence-corrected chi connectivity index (χ1v) is 9.98. The lowest BCUT2D eigenvalue weighted by molar-refractivity contribution is -0.151. The monoisotopic (exact) mass is 424 g/mol. The molecule has 2 aromatic rings. The summed E-state index contributed by atoms with van der Waals surface area (Å²) >= 11 is 0. The van der Waals surface area contributed by atoms with Gasteiger partial charge < -0.3 is 19.7 Å². The van der Waals surface area contributed by atoms with Crippen LogP contribution in [0.3, 0.4) is 0 Å². The van der Waals surface area contributed by atoms with E-state index in [0.29, 0.717) is 0 Å². The number of ether oxygens (including phenoxy) is 2. The number of aryl methyl sites for hydroxylation is 1. The third-order valence-electron chi connectivity index (χ3n) is 4.85. The number of nitrogens with zero attached hydrogens (tertiary/aromatic N) is 1. The summed E-state index contributed by atoms with van der Waals surface area (Å²) in [6, 6.07) is 13.8. The van der Waals surface area contributed by atoms with E-state index in [0.717, 1.165) is 11.3 Å². The highest BCUT2D eigenvalue weighted by Gasteiger charge is 2.36. The Bertz CT molecular complexity index is 986. The van der Waals surface area contributed by atoms with E-state index < -0.39 is 30.4 Å². The molecule has 8 heteroatoms. The van der Waals surface area contributed by atoms with Crippen LogP contribution in [0.5, 0.6) is 0 Å². The van der Waals surface area contributed by atoms with Crippen molar-refractivity contribution in [2.45, 2.75) is 20.3 Å². The van der Waals surface area contributed by atoms with Crippen molar-refractivity contribution in [2.75, 3.05) is 30.0 Å². The van der Waals surface area contributed by atoms with Crippen molar-refractivity contribution in [2.24, 2.45) is 5.92 Å². The Morgan fingerprint density at radius 1 is 1.06 bits per heavy atom. The van der Waals surface area contributed by atoms with Gasteiger partial charge in [0.05, 0.1) is 23.8 Å². The number of hydrogen-bond acceptors (Lipinski definition) is 6. The van der Waals surface area contributed by atoms with E-state index in [1.54, 1.807) is 30.0 Å². The van der Waals surface area contributed by atoms with Crippen LogP contribution in [0.1, 0.15) is 29.3 Å². The van der Waals surface area contributed by atoms with Crippen molar-refractivity contribution in [1.82, 2.24) is 0 Å². The van der Waals surface area contributed by atoms with Gasteiger partial charge in [-0.3, -0.25) is 14.4 Å². The molecule has 1 aliphatic rings. The molecule has 1 heterocycles. The average Bonchev–Trinajstić information content (AvgIpc) is 3.15. The number of carbonyl (C=O) groups excluding carboxylic acids is 4. The van der Waals surface area contributed by atoms with E-state index in [1.165, 1.54) is 6.07 Å². The third-order valence-corrected chi connectivity index (χ3v) is 4.85. The minimum atomic E-state index is -0.645. The molecule has 1 saturated heterocycles. The van der Waals surface area contributed by atoms with E-state index in [9.17, 15) is 19.2 Å². The normalized spacial score (nSPS) is 15.5. The van der Waals surface area contributed by atoms with Gasteiger partial charge >= 0.3 is 11.9 Å². The topological polar surface area (TPSA) is 102 Å². The van der Waals surface area contributed by atoms with Crippen LogP contribution in [-0.4, -0.2) is 43.5 Å². The van der Waals surface area contributed by atoms with Crippen LogP contribution in [0, 0.1) is 12.8 Å². The average molecular weight is 424 g/mol. The van der Waals surface area contributed by atoms with Crippen molar-refractivity contribution < 1.29 is 28.7 Å². The highest BCUT2D eigenvalue weighted by Crippen LogP contribution is 2.26. The Balaban J connectivity index is 1.54. The minimum absolute atomic E-state index is 0.0278. The fourth-order valence-corrected chi connectivity index (χ4v) is 3.26. The fraction of sp³-hybridized carbons (Fsp3) is 0.304. The standard InChI is InChI=1S/C23H24N2O6/c1-3-30-23(29)18-6-4-5-7-19(18)24-20(26)14-31-22(28)16-12-21(27)25(13-16)17-10-8-15(2)9-11-17/h4-11,16H,3,12-14H2,1-2H3,(H,24,26)/t16-/m0/s1. The first kappa shape index (κ1) is 22.0. The molecule has 0 bridgehead atoms. The van der Waals surface area contributed by atoms with Crippen LogP contribution in [0.15, 0.2) is 48.5 Å². The molecule has 1 fully saturated rings. The molecule has 1 atom stereocenters. The molecule has 31 heavy (non-hydrogen) atoms. The van der Waals surface area contributed by atoms with Crippen molar-refractivity contribution in [3.8, 4) is 0 Å². The van der Waals surface area contributed by atoms with Gasteiger partial charge in [-0.25, -0.2) is 4.79 Å². The summed E-state index contributed by atoms with van der Waals surface area (Å²) in [7, 11) is 0. The quantitative estimate of drug-likeness (QED) is 0.686. The largest absolute Gasteiger partial charge is 0.462 e. The molecule has 1 aliphatic heterocycles. The van der Waals surface area contributed by atoms with Crippen molar-refractivity contribution in [3.63, 3.8) is 0 Å². The van der Waals surface area contributed by atoms with Gasteiger partial charge in [0.2, 0.25) is 5.91 Å². The second-order valence-corrected chi connectivity index (χ2v) is 7.16. The molecule has 0 radical (unpaired) electrons. The van der Waals surface area contributed by atoms with Gasteiger partial charge in [-0.05, 0) is 38.1 Å². The lowest BCUT2D eigenvalue weighted by atomic mass is 10.1.